The van der Waals surface area contributed by atoms with Crippen LogP contribution in [0.15, 0.2) is 52.9 Å². The van der Waals surface area contributed by atoms with E-state index >= 15 is 0 Å². The van der Waals surface area contributed by atoms with Gasteiger partial charge in [0.1, 0.15) is 5.82 Å². The molecule has 0 bridgehead atoms. The van der Waals surface area contributed by atoms with Gasteiger partial charge in [0.15, 0.2) is 8.29 Å². The monoisotopic (exact) mass is 359 g/mol. The Labute approximate surface area is 146 Å². The van der Waals surface area contributed by atoms with E-state index in [1.165, 1.54) is 23.5 Å². The van der Waals surface area contributed by atoms with Crippen LogP contribution < -0.4 is 0 Å². The molecule has 0 saturated carbocycles. The van der Waals surface area contributed by atoms with Gasteiger partial charge in [0, 0.05) is 5.75 Å². The van der Waals surface area contributed by atoms with Crippen molar-refractivity contribution in [2.75, 3.05) is 0 Å². The number of halogens is 1. The highest BCUT2D eigenvalue weighted by atomic mass is 32.2. The molecular weight excluding hydrogens is 349 g/mol. The largest absolute Gasteiger partial charge is 0.211 e. The average Bonchev–Trinajstić information content (AvgIpc) is 2.95. The van der Waals surface area contributed by atoms with Gasteiger partial charge in [0.2, 0.25) is 0 Å². The highest BCUT2D eigenvalue weighted by Gasteiger charge is 2.07. The first kappa shape index (κ1) is 15.9. The Morgan fingerprint density at radius 1 is 1.26 bits per heavy atom. The molecular formula is C16H10FN3S3. The van der Waals surface area contributed by atoms with Crippen molar-refractivity contribution in [3.05, 3.63) is 69.4 Å². The summed E-state index contributed by atoms with van der Waals surface area (Å²) >= 11 is 8.30. The van der Waals surface area contributed by atoms with Crippen LogP contribution in [0.4, 0.5) is 4.39 Å². The molecule has 23 heavy (non-hydrogen) atoms. The fourth-order valence-electron chi connectivity index (χ4n) is 1.94. The lowest BCUT2D eigenvalue weighted by molar-refractivity contribution is 0.627. The molecule has 3 nitrogen and oxygen atoms in total. The van der Waals surface area contributed by atoms with Crippen molar-refractivity contribution in [1.29, 1.82) is 5.26 Å². The molecule has 1 heterocycles. The number of aromatic nitrogens is 2. The summed E-state index contributed by atoms with van der Waals surface area (Å²) in [6, 6.07) is 15.7. The van der Waals surface area contributed by atoms with Crippen molar-refractivity contribution in [2.45, 2.75) is 10.1 Å². The maximum atomic E-state index is 13.0. The lowest BCUT2D eigenvalue weighted by atomic mass is 10.2. The summed E-state index contributed by atoms with van der Waals surface area (Å²) in [5.74, 6) is 0.420. The quantitative estimate of drug-likeness (QED) is 0.487. The van der Waals surface area contributed by atoms with Crippen molar-refractivity contribution in [2.24, 2.45) is 0 Å². The number of hydrogen-bond acceptors (Lipinski definition) is 5. The molecule has 0 aliphatic heterocycles. The van der Waals surface area contributed by atoms with Crippen LogP contribution in [0.25, 0.3) is 5.69 Å². The van der Waals surface area contributed by atoms with Gasteiger partial charge in [0.05, 0.1) is 17.3 Å². The van der Waals surface area contributed by atoms with Gasteiger partial charge < -0.3 is 0 Å². The van der Waals surface area contributed by atoms with Crippen LogP contribution in [-0.4, -0.2) is 9.78 Å². The van der Waals surface area contributed by atoms with Crippen LogP contribution >= 0.6 is 35.3 Å². The topological polar surface area (TPSA) is 41.6 Å². The zero-order valence-corrected chi connectivity index (χ0v) is 14.2. The molecule has 3 aromatic rings. The van der Waals surface area contributed by atoms with E-state index in [-0.39, 0.29) is 5.82 Å². The van der Waals surface area contributed by atoms with Crippen molar-refractivity contribution >= 4 is 35.3 Å². The van der Waals surface area contributed by atoms with Crippen molar-refractivity contribution in [3.63, 3.8) is 0 Å². The molecule has 0 aliphatic rings. The lowest BCUT2D eigenvalue weighted by Crippen LogP contribution is -1.96. The first-order valence-corrected chi connectivity index (χ1v) is 8.85. The predicted molar refractivity (Wildman–Crippen MR) is 93.0 cm³/mol. The normalized spacial score (nSPS) is 10.4. The van der Waals surface area contributed by atoms with Crippen molar-refractivity contribution in [3.8, 4) is 11.8 Å². The van der Waals surface area contributed by atoms with Crippen LogP contribution in [0.5, 0.6) is 0 Å². The fourth-order valence-corrected chi connectivity index (χ4v) is 4.24. The molecule has 0 spiro atoms. The lowest BCUT2D eigenvalue weighted by Gasteiger charge is -2.00. The molecule has 3 rings (SSSR count). The minimum Gasteiger partial charge on any atom is -0.211 e. The molecule has 0 unspecified atom stereocenters. The molecule has 0 atom stereocenters. The Bertz CT molecular complexity index is 923. The Balaban J connectivity index is 1.77. The average molecular weight is 359 g/mol. The third-order valence-electron chi connectivity index (χ3n) is 3.02. The van der Waals surface area contributed by atoms with Crippen LogP contribution in [0.3, 0.4) is 0 Å². The zero-order chi connectivity index (χ0) is 16.2. The number of hydrogen-bond donors (Lipinski definition) is 0. The predicted octanol–water partition coefficient (Wildman–Crippen LogP) is 4.97. The highest BCUT2D eigenvalue weighted by molar-refractivity contribution is 8.00. The van der Waals surface area contributed by atoms with Gasteiger partial charge in [-0.2, -0.15) is 5.26 Å². The molecule has 2 aromatic carbocycles. The Hall–Kier alpha value is -2.01. The van der Waals surface area contributed by atoms with Gasteiger partial charge in [-0.25, -0.2) is 9.07 Å². The first-order valence-electron chi connectivity index (χ1n) is 6.63. The molecule has 0 aliphatic carbocycles. The van der Waals surface area contributed by atoms with E-state index < -0.39 is 0 Å². The number of nitriles is 1. The van der Waals surface area contributed by atoms with Gasteiger partial charge in [-0.1, -0.05) is 35.2 Å². The van der Waals surface area contributed by atoms with E-state index in [1.54, 1.807) is 34.6 Å². The summed E-state index contributed by atoms with van der Waals surface area (Å²) in [5.41, 5.74) is 2.45. The number of thioether (sulfide) groups is 1. The maximum absolute atomic E-state index is 13.0. The number of benzene rings is 2. The first-order chi connectivity index (χ1) is 11.2. The molecule has 114 valence electrons. The highest BCUT2D eigenvalue weighted by Crippen LogP contribution is 2.27. The second-order valence-electron chi connectivity index (χ2n) is 4.62. The van der Waals surface area contributed by atoms with E-state index in [9.17, 15) is 4.39 Å². The van der Waals surface area contributed by atoms with E-state index in [0.29, 0.717) is 15.3 Å². The summed E-state index contributed by atoms with van der Waals surface area (Å²) in [6.45, 7) is 0. The SMILES string of the molecule is N#Cc1cccc(CSc2nn(-c3ccc(F)cc3)c(=S)s2)c1. The van der Waals surface area contributed by atoms with Crippen LogP contribution in [0, 0.1) is 21.1 Å². The minimum atomic E-state index is -0.289. The minimum absolute atomic E-state index is 0.289. The van der Waals surface area contributed by atoms with Crippen LogP contribution in [0.2, 0.25) is 0 Å². The van der Waals surface area contributed by atoms with Crippen molar-refractivity contribution < 1.29 is 4.39 Å². The van der Waals surface area contributed by atoms with Gasteiger partial charge in [-0.3, -0.25) is 0 Å². The van der Waals surface area contributed by atoms with Gasteiger partial charge in [0.25, 0.3) is 0 Å². The number of nitrogens with zero attached hydrogens (tertiary/aromatic N) is 3. The summed E-state index contributed by atoms with van der Waals surface area (Å²) in [5, 5.41) is 13.4. The second-order valence-corrected chi connectivity index (χ2v) is 7.47. The molecule has 0 amide bonds. The third-order valence-corrected chi connectivity index (χ3v) is 5.46. The van der Waals surface area contributed by atoms with Gasteiger partial charge in [-0.15, -0.1) is 5.10 Å². The summed E-state index contributed by atoms with van der Waals surface area (Å²) in [6.07, 6.45) is 0. The molecule has 1 aromatic heterocycles. The standard InChI is InChI=1S/C16H10FN3S3/c17-13-4-6-14(7-5-13)20-16(21)23-15(19-20)22-10-12-3-1-2-11(8-12)9-18/h1-8H,10H2. The molecule has 0 N–H and O–H groups in total. The smallest absolute Gasteiger partial charge is 0.184 e. The van der Waals surface area contributed by atoms with Crippen molar-refractivity contribution in [1.82, 2.24) is 9.78 Å². The van der Waals surface area contributed by atoms with Crippen LogP contribution in [-0.2, 0) is 5.75 Å². The van der Waals surface area contributed by atoms with E-state index in [4.69, 9.17) is 17.5 Å². The maximum Gasteiger partial charge on any atom is 0.184 e. The molecule has 0 fully saturated rings. The zero-order valence-electron chi connectivity index (χ0n) is 11.8. The van der Waals surface area contributed by atoms with E-state index in [0.717, 1.165) is 15.6 Å². The third kappa shape index (κ3) is 3.85. The summed E-state index contributed by atoms with van der Waals surface area (Å²) in [4.78, 5) is 0. The van der Waals surface area contributed by atoms with E-state index in [2.05, 4.69) is 11.2 Å². The van der Waals surface area contributed by atoms with Crippen LogP contribution in [0.1, 0.15) is 11.1 Å². The fraction of sp³-hybridized carbons (Fsp3) is 0.0625. The molecule has 0 radical (unpaired) electrons. The summed E-state index contributed by atoms with van der Waals surface area (Å²) < 4.78 is 16.1. The van der Waals surface area contributed by atoms with E-state index in [1.807, 2.05) is 18.2 Å². The Kier molecular flexibility index (Phi) is 4.86. The number of rotatable bonds is 4. The Morgan fingerprint density at radius 3 is 2.78 bits per heavy atom. The Morgan fingerprint density at radius 2 is 2.04 bits per heavy atom. The van der Waals surface area contributed by atoms with Gasteiger partial charge in [-0.05, 0) is 54.2 Å². The molecule has 7 heteroatoms. The van der Waals surface area contributed by atoms with Gasteiger partial charge >= 0.3 is 0 Å². The molecule has 0 saturated heterocycles. The summed E-state index contributed by atoms with van der Waals surface area (Å²) in [7, 11) is 0. The second kappa shape index (κ2) is 7.04.